The van der Waals surface area contributed by atoms with E-state index in [-0.39, 0.29) is 28.8 Å². The number of ether oxygens (including phenoxy) is 1. The van der Waals surface area contributed by atoms with Gasteiger partial charge in [-0.2, -0.15) is 0 Å². The molecule has 1 saturated heterocycles. The van der Waals surface area contributed by atoms with Gasteiger partial charge in [-0.15, -0.1) is 0 Å². The van der Waals surface area contributed by atoms with Gasteiger partial charge in [0.05, 0.1) is 13.2 Å². The number of carbonyl (C=O) groups excluding carboxylic acids is 1. The first kappa shape index (κ1) is 30.4. The van der Waals surface area contributed by atoms with Crippen LogP contribution in [-0.2, 0) is 16.6 Å². The van der Waals surface area contributed by atoms with Gasteiger partial charge >= 0.3 is 0 Å². The van der Waals surface area contributed by atoms with Crippen molar-refractivity contribution in [3.63, 3.8) is 0 Å². The third-order valence-corrected chi connectivity index (χ3v) is 11.8. The van der Waals surface area contributed by atoms with Gasteiger partial charge in [0.25, 0.3) is 0 Å². The first-order valence-corrected chi connectivity index (χ1v) is 17.1. The first-order chi connectivity index (χ1) is 21.8. The monoisotopic (exact) mass is 612 g/mol. The lowest BCUT2D eigenvalue weighted by Gasteiger charge is -2.55. The number of aryl methyl sites for hydroxylation is 2. The van der Waals surface area contributed by atoms with Crippen molar-refractivity contribution in [1.82, 2.24) is 14.9 Å². The third kappa shape index (κ3) is 5.80. The predicted molar refractivity (Wildman–Crippen MR) is 174 cm³/mol. The number of carbonyl (C=O) groups is 1. The van der Waals surface area contributed by atoms with Crippen molar-refractivity contribution in [1.29, 1.82) is 0 Å². The van der Waals surface area contributed by atoms with Crippen molar-refractivity contribution in [2.75, 3.05) is 31.6 Å². The molecule has 4 saturated carbocycles. The van der Waals surface area contributed by atoms with E-state index in [0.717, 1.165) is 113 Å². The fraction of sp³-hybridized carbons (Fsp3) is 0.595. The van der Waals surface area contributed by atoms with Crippen LogP contribution in [0.25, 0.3) is 11.3 Å². The molecule has 2 bridgehead atoms. The van der Waals surface area contributed by atoms with Crippen molar-refractivity contribution >= 4 is 11.7 Å². The van der Waals surface area contributed by atoms with Crippen LogP contribution in [0.1, 0.15) is 88.1 Å². The smallest absolute Gasteiger partial charge is 0.231 e. The lowest BCUT2D eigenvalue weighted by molar-refractivity contribution is -0.125. The van der Waals surface area contributed by atoms with Gasteiger partial charge in [0.1, 0.15) is 23.5 Å². The molecule has 3 aromatic rings. The lowest BCUT2D eigenvalue weighted by Crippen LogP contribution is -2.56. The zero-order valence-electron chi connectivity index (χ0n) is 27.1. The summed E-state index contributed by atoms with van der Waals surface area (Å²) in [5.41, 5.74) is 4.69. The molecule has 0 spiro atoms. The Bertz CT molecular complexity index is 1500. The summed E-state index contributed by atoms with van der Waals surface area (Å²) in [7, 11) is 1.74. The summed E-state index contributed by atoms with van der Waals surface area (Å²) in [5.74, 6) is 2.61. The second kappa shape index (κ2) is 12.2. The number of fused-ring (bicyclic) bond motifs is 3. The molecular weight excluding hydrogens is 564 g/mol. The van der Waals surface area contributed by atoms with E-state index in [4.69, 9.17) is 14.1 Å². The summed E-state index contributed by atoms with van der Waals surface area (Å²) in [4.78, 5) is 28.4. The fourth-order valence-corrected chi connectivity index (χ4v) is 8.77. The van der Waals surface area contributed by atoms with Crippen molar-refractivity contribution < 1.29 is 19.1 Å². The second-order valence-electron chi connectivity index (χ2n) is 14.4. The Balaban J connectivity index is 1.12. The van der Waals surface area contributed by atoms with E-state index >= 15 is 0 Å². The average Bonchev–Trinajstić information content (AvgIpc) is 3.56. The van der Waals surface area contributed by atoms with Gasteiger partial charge in [-0.3, -0.25) is 14.6 Å². The molecule has 1 amide bonds. The minimum Gasteiger partial charge on any atom is -0.496 e. The van der Waals surface area contributed by atoms with E-state index in [1.807, 2.05) is 25.3 Å². The highest BCUT2D eigenvalue weighted by Gasteiger charge is 2.51. The molecule has 5 aliphatic rings. The number of likely N-dealkylation sites (tertiary alicyclic amines) is 1. The van der Waals surface area contributed by atoms with Crippen LogP contribution < -0.4 is 9.64 Å². The molecule has 8 nitrogen and oxygen atoms in total. The summed E-state index contributed by atoms with van der Waals surface area (Å²) in [6.45, 7) is 6.44. The standard InChI is InChI=1S/C37H48N4O4/c1-4-34-39-31(23-45-34)27-11-18-38-33(20-27)41(35(43)26-5-8-29(9-6-26)40-21-30(42)22-40)24-36-12-15-37(16-13-36,17-14-36)28-7-10-32(44-3)25(2)19-28/h7,10-11,18-20,23,26,29-30,42H,4-6,8-9,12-17,21-22,24H2,1-3H3. The molecular formula is C37H48N4O4. The topological polar surface area (TPSA) is 91.9 Å². The zero-order chi connectivity index (χ0) is 31.2. The van der Waals surface area contributed by atoms with Crippen LogP contribution in [0.5, 0.6) is 5.75 Å². The Morgan fingerprint density at radius 3 is 2.42 bits per heavy atom. The number of pyridine rings is 1. The molecule has 240 valence electrons. The minimum atomic E-state index is -0.186. The van der Waals surface area contributed by atoms with Crippen molar-refractivity contribution in [3.8, 4) is 17.0 Å². The van der Waals surface area contributed by atoms with E-state index in [2.05, 4.69) is 39.9 Å². The summed E-state index contributed by atoms with van der Waals surface area (Å²) in [5, 5.41) is 9.80. The highest BCUT2D eigenvalue weighted by Crippen LogP contribution is 2.58. The number of benzene rings is 1. The van der Waals surface area contributed by atoms with E-state index in [1.54, 1.807) is 13.4 Å². The van der Waals surface area contributed by atoms with Gasteiger partial charge in [-0.25, -0.2) is 9.97 Å². The minimum absolute atomic E-state index is 0.00148. The normalized spacial score (nSPS) is 28.5. The summed E-state index contributed by atoms with van der Waals surface area (Å²) in [6, 6.07) is 11.2. The van der Waals surface area contributed by atoms with Crippen molar-refractivity contribution in [2.45, 2.75) is 102 Å². The molecule has 8 heteroatoms. The Morgan fingerprint density at radius 2 is 1.80 bits per heavy atom. The number of aliphatic hydroxyl groups is 1. The third-order valence-electron chi connectivity index (χ3n) is 11.8. The number of amides is 1. The molecule has 2 aromatic heterocycles. The van der Waals surface area contributed by atoms with Gasteiger partial charge in [-0.05, 0) is 111 Å². The molecule has 1 aliphatic heterocycles. The maximum absolute atomic E-state index is 14.5. The van der Waals surface area contributed by atoms with Gasteiger partial charge in [-0.1, -0.05) is 19.1 Å². The maximum atomic E-state index is 14.5. The van der Waals surface area contributed by atoms with Crippen LogP contribution in [0.4, 0.5) is 5.82 Å². The number of anilines is 1. The molecule has 0 radical (unpaired) electrons. The Morgan fingerprint density at radius 1 is 1.07 bits per heavy atom. The van der Waals surface area contributed by atoms with Gasteiger partial charge in [0.2, 0.25) is 5.91 Å². The van der Waals surface area contributed by atoms with Crippen LogP contribution in [0, 0.1) is 18.3 Å². The number of hydrogen-bond acceptors (Lipinski definition) is 7. The number of rotatable bonds is 9. The number of hydrogen-bond donors (Lipinski definition) is 1. The number of β-amino-alcohol motifs (C(OH)–C–C–N with tert-alkyl or cyclic N) is 1. The number of methoxy groups -OCH3 is 1. The molecule has 8 rings (SSSR count). The van der Waals surface area contributed by atoms with Crippen molar-refractivity contribution in [2.24, 2.45) is 11.3 Å². The molecule has 45 heavy (non-hydrogen) atoms. The Hall–Kier alpha value is -3.23. The second-order valence-corrected chi connectivity index (χ2v) is 14.4. The number of nitrogens with zero attached hydrogens (tertiary/aromatic N) is 4. The summed E-state index contributed by atoms with van der Waals surface area (Å²) < 4.78 is 11.2. The van der Waals surface area contributed by atoms with E-state index in [9.17, 15) is 9.90 Å². The molecule has 1 aromatic carbocycles. The molecule has 0 atom stereocenters. The molecule has 4 aliphatic carbocycles. The number of aromatic nitrogens is 2. The fourth-order valence-electron chi connectivity index (χ4n) is 8.77. The predicted octanol–water partition coefficient (Wildman–Crippen LogP) is 6.48. The Kier molecular flexibility index (Phi) is 8.23. The highest BCUT2D eigenvalue weighted by atomic mass is 16.5. The highest BCUT2D eigenvalue weighted by molar-refractivity contribution is 5.94. The summed E-state index contributed by atoms with van der Waals surface area (Å²) in [6.07, 6.45) is 14.7. The van der Waals surface area contributed by atoms with Crippen LogP contribution in [0.3, 0.4) is 0 Å². The molecule has 5 fully saturated rings. The van der Waals surface area contributed by atoms with Crippen LogP contribution in [-0.4, -0.2) is 64.8 Å². The maximum Gasteiger partial charge on any atom is 0.231 e. The first-order valence-electron chi connectivity index (χ1n) is 17.1. The summed E-state index contributed by atoms with van der Waals surface area (Å²) >= 11 is 0. The average molecular weight is 613 g/mol. The number of oxazole rings is 1. The quantitative estimate of drug-likeness (QED) is 0.296. The van der Waals surface area contributed by atoms with Gasteiger partial charge < -0.3 is 14.3 Å². The SMILES string of the molecule is CCc1nc(-c2ccnc(N(CC34CCC(c5ccc(OC)c(C)c5)(CC3)CC4)C(=O)C3CCC(N4CC(O)C4)CC3)c2)co1. The Labute approximate surface area is 267 Å². The van der Waals surface area contributed by atoms with Gasteiger partial charge in [0.15, 0.2) is 5.89 Å². The van der Waals surface area contributed by atoms with E-state index < -0.39 is 0 Å². The zero-order valence-corrected chi connectivity index (χ0v) is 27.1. The van der Waals surface area contributed by atoms with Crippen molar-refractivity contribution in [3.05, 3.63) is 59.8 Å². The van der Waals surface area contributed by atoms with E-state index in [1.165, 1.54) is 11.1 Å². The van der Waals surface area contributed by atoms with Crippen LogP contribution in [0.15, 0.2) is 47.2 Å². The van der Waals surface area contributed by atoms with Crippen LogP contribution in [0.2, 0.25) is 0 Å². The van der Waals surface area contributed by atoms with Crippen LogP contribution >= 0.6 is 0 Å². The lowest BCUT2D eigenvalue weighted by atomic mass is 9.51. The molecule has 3 heterocycles. The van der Waals surface area contributed by atoms with Gasteiger partial charge in [0, 0.05) is 49.8 Å². The van der Waals surface area contributed by atoms with E-state index in [0.29, 0.717) is 11.9 Å². The largest absolute Gasteiger partial charge is 0.496 e. The molecule has 1 N–H and O–H groups in total. The number of aliphatic hydroxyl groups excluding tert-OH is 1. The molecule has 0 unspecified atom stereocenters.